The lowest BCUT2D eigenvalue weighted by Gasteiger charge is -2.37. The van der Waals surface area contributed by atoms with E-state index in [0.29, 0.717) is 18.7 Å². The van der Waals surface area contributed by atoms with Crippen molar-refractivity contribution in [3.05, 3.63) is 119 Å². The molecule has 0 bridgehead atoms. The van der Waals surface area contributed by atoms with E-state index in [1.807, 2.05) is 47.8 Å². The van der Waals surface area contributed by atoms with Crippen LogP contribution in [0.1, 0.15) is 28.6 Å². The van der Waals surface area contributed by atoms with Crippen LogP contribution in [0.3, 0.4) is 0 Å². The van der Waals surface area contributed by atoms with Crippen molar-refractivity contribution in [2.75, 3.05) is 20.7 Å². The van der Waals surface area contributed by atoms with Crippen molar-refractivity contribution in [2.45, 2.75) is 19.0 Å². The van der Waals surface area contributed by atoms with Crippen molar-refractivity contribution in [3.63, 3.8) is 0 Å². The summed E-state index contributed by atoms with van der Waals surface area (Å²) in [5.74, 6) is -0.719. The molecule has 6 aromatic rings. The average Bonchev–Trinajstić information content (AvgIpc) is 3.68. The van der Waals surface area contributed by atoms with Crippen molar-refractivity contribution in [2.24, 2.45) is 0 Å². The fourth-order valence-electron chi connectivity index (χ4n) is 6.13. The highest BCUT2D eigenvalue weighted by atomic mass is 32.1. The van der Waals surface area contributed by atoms with E-state index in [1.54, 1.807) is 31.2 Å². The first-order valence-electron chi connectivity index (χ1n) is 14.3. The third-order valence-corrected chi connectivity index (χ3v) is 9.22. The maximum Gasteiger partial charge on any atom is 0.312 e. The van der Waals surface area contributed by atoms with Gasteiger partial charge in [0.05, 0.1) is 25.4 Å². The second-order valence-corrected chi connectivity index (χ2v) is 11.8. The summed E-state index contributed by atoms with van der Waals surface area (Å²) < 4.78 is 18.9. The van der Waals surface area contributed by atoms with Gasteiger partial charge in [0.2, 0.25) is 0 Å². The minimum absolute atomic E-state index is 0.173. The zero-order chi connectivity index (χ0) is 30.4. The van der Waals surface area contributed by atoms with Crippen LogP contribution in [0, 0.1) is 5.82 Å². The van der Waals surface area contributed by atoms with Crippen LogP contribution in [-0.4, -0.2) is 52.3 Å². The van der Waals surface area contributed by atoms with Crippen molar-refractivity contribution in [3.8, 4) is 16.3 Å². The first-order valence-corrected chi connectivity index (χ1v) is 15.2. The first kappa shape index (κ1) is 27.8. The summed E-state index contributed by atoms with van der Waals surface area (Å²) in [6.07, 6.45) is 0.597. The molecule has 0 saturated carbocycles. The number of halogens is 1. The van der Waals surface area contributed by atoms with Crippen molar-refractivity contribution in [1.29, 1.82) is 0 Å². The molecule has 1 atom stereocenters. The number of hydrogen-bond donors (Lipinski definition) is 1. The Kier molecular flexibility index (Phi) is 7.10. The largest absolute Gasteiger partial charge is 0.497 e. The van der Waals surface area contributed by atoms with Crippen LogP contribution in [-0.2, 0) is 22.6 Å². The van der Waals surface area contributed by atoms with Crippen molar-refractivity contribution in [1.82, 2.24) is 19.8 Å². The molecule has 0 aliphatic carbocycles. The number of carbonyl (C=O) groups excluding carboxylic acids is 2. The van der Waals surface area contributed by atoms with E-state index in [-0.39, 0.29) is 12.4 Å². The van der Waals surface area contributed by atoms with E-state index in [1.165, 1.54) is 28.4 Å². The van der Waals surface area contributed by atoms with E-state index in [4.69, 9.17) is 4.74 Å². The lowest BCUT2D eigenvalue weighted by atomic mass is 9.89. The Hall–Kier alpha value is -5.02. The lowest BCUT2D eigenvalue weighted by Crippen LogP contribution is -2.48. The summed E-state index contributed by atoms with van der Waals surface area (Å²) in [6, 6.07) is 25.8. The Bertz CT molecular complexity index is 2030. The third-order valence-electron chi connectivity index (χ3n) is 8.28. The van der Waals surface area contributed by atoms with Crippen LogP contribution in [0.4, 0.5) is 4.39 Å². The van der Waals surface area contributed by atoms with Gasteiger partial charge in [-0.1, -0.05) is 42.5 Å². The number of nitrogens with one attached hydrogen (secondary N) is 1. The van der Waals surface area contributed by atoms with Gasteiger partial charge in [-0.15, -0.1) is 11.3 Å². The zero-order valence-electron chi connectivity index (χ0n) is 24.2. The minimum atomic E-state index is -0.604. The molecule has 7 nitrogen and oxygen atoms in total. The molecule has 0 fully saturated rings. The monoisotopic (exact) mass is 604 g/mol. The van der Waals surface area contributed by atoms with E-state index < -0.39 is 17.9 Å². The van der Waals surface area contributed by atoms with E-state index >= 15 is 0 Å². The third kappa shape index (κ3) is 4.89. The number of carbonyl (C=O) groups is 2. The number of likely N-dealkylation sites (N-methyl/N-ethyl adjacent to an activating group) is 1. The molecule has 1 aliphatic heterocycles. The molecular formula is C35H29FN4O3S. The second kappa shape index (κ2) is 11.2. The van der Waals surface area contributed by atoms with Gasteiger partial charge >= 0.3 is 11.8 Å². The summed E-state index contributed by atoms with van der Waals surface area (Å²) in [6.45, 7) is 0.557. The van der Waals surface area contributed by atoms with Gasteiger partial charge in [0.25, 0.3) is 0 Å². The predicted molar refractivity (Wildman–Crippen MR) is 170 cm³/mol. The van der Waals surface area contributed by atoms with Gasteiger partial charge in [0, 0.05) is 41.1 Å². The molecule has 7 rings (SSSR count). The van der Waals surface area contributed by atoms with Crippen LogP contribution in [0.25, 0.3) is 32.2 Å². The van der Waals surface area contributed by atoms with Crippen molar-refractivity contribution >= 4 is 44.8 Å². The maximum absolute atomic E-state index is 14.1. The van der Waals surface area contributed by atoms with Crippen LogP contribution < -0.4 is 4.74 Å². The van der Waals surface area contributed by atoms with Gasteiger partial charge in [0.1, 0.15) is 16.6 Å². The minimum Gasteiger partial charge on any atom is -0.497 e. The lowest BCUT2D eigenvalue weighted by molar-refractivity contribution is -0.152. The topological polar surface area (TPSA) is 78.5 Å². The standard InChI is InChI=1S/C35H29FN4O3S/c1-39(19-24-20-44-33(37-24)22-10-12-23(36)13-11-22)34(41)35(42)40-17-16-27-29-18-25(43-2)14-15-30(29)38-31(27)32(40)28-9-5-7-21-6-3-4-8-26(21)28/h3-15,18,20,32,38H,16-17,19H2,1-2H3. The maximum atomic E-state index is 14.1. The molecule has 1 aliphatic rings. The number of rotatable bonds is 5. The highest BCUT2D eigenvalue weighted by molar-refractivity contribution is 7.13. The Labute approximate surface area is 257 Å². The summed E-state index contributed by atoms with van der Waals surface area (Å²) in [7, 11) is 3.27. The fourth-order valence-corrected chi connectivity index (χ4v) is 6.95. The molecule has 2 amide bonds. The number of fused-ring (bicyclic) bond motifs is 4. The number of H-pyrrole nitrogens is 1. The number of ether oxygens (including phenoxy) is 1. The number of aromatic amines is 1. The van der Waals surface area contributed by atoms with Crippen LogP contribution >= 0.6 is 11.3 Å². The number of benzene rings is 4. The van der Waals surface area contributed by atoms with Gasteiger partial charge in [-0.2, -0.15) is 0 Å². The molecule has 9 heteroatoms. The Balaban J connectivity index is 1.22. The normalized spacial score (nSPS) is 14.5. The van der Waals surface area contributed by atoms with Crippen LogP contribution in [0.15, 0.2) is 90.3 Å². The highest BCUT2D eigenvalue weighted by Crippen LogP contribution is 2.41. The first-order chi connectivity index (χ1) is 21.4. The van der Waals surface area contributed by atoms with Gasteiger partial charge in [-0.3, -0.25) is 9.59 Å². The molecule has 0 radical (unpaired) electrons. The number of methoxy groups -OCH3 is 1. The zero-order valence-corrected chi connectivity index (χ0v) is 25.0. The fraction of sp³-hybridized carbons (Fsp3) is 0.171. The van der Waals surface area contributed by atoms with Gasteiger partial charge in [-0.05, 0) is 70.8 Å². The van der Waals surface area contributed by atoms with Crippen LogP contribution in [0.5, 0.6) is 5.75 Å². The average molecular weight is 605 g/mol. The molecule has 220 valence electrons. The molecule has 0 saturated heterocycles. The number of thiazole rings is 1. The SMILES string of the molecule is COc1ccc2[nH]c3c(c2c1)CCN(C(=O)C(=O)N(C)Cc1csc(-c2ccc(F)cc2)n1)C3c1cccc2ccccc12. The smallest absolute Gasteiger partial charge is 0.312 e. The van der Waals surface area contributed by atoms with E-state index in [2.05, 4.69) is 28.2 Å². The summed E-state index contributed by atoms with van der Waals surface area (Å²) >= 11 is 1.41. The molecule has 2 aromatic heterocycles. The summed E-state index contributed by atoms with van der Waals surface area (Å²) in [5, 5.41) is 5.73. The Morgan fingerprint density at radius 3 is 2.66 bits per heavy atom. The van der Waals surface area contributed by atoms with Crippen LogP contribution in [0.2, 0.25) is 0 Å². The molecule has 1 unspecified atom stereocenters. The molecule has 3 heterocycles. The summed E-state index contributed by atoms with van der Waals surface area (Å²) in [4.78, 5) is 39.1. The van der Waals surface area contributed by atoms with Gasteiger partial charge in [0.15, 0.2) is 0 Å². The molecule has 4 aromatic carbocycles. The highest BCUT2D eigenvalue weighted by Gasteiger charge is 2.38. The molecule has 44 heavy (non-hydrogen) atoms. The van der Waals surface area contributed by atoms with E-state index in [9.17, 15) is 14.0 Å². The molecule has 1 N–H and O–H groups in total. The second-order valence-electron chi connectivity index (χ2n) is 11.0. The van der Waals surface area contributed by atoms with Gasteiger partial charge in [-0.25, -0.2) is 9.37 Å². The number of aromatic nitrogens is 2. The Morgan fingerprint density at radius 1 is 1.05 bits per heavy atom. The quantitative estimate of drug-likeness (QED) is 0.222. The number of amides is 2. The van der Waals surface area contributed by atoms with E-state index in [0.717, 1.165) is 54.8 Å². The number of hydrogen-bond acceptors (Lipinski definition) is 5. The molecule has 0 spiro atoms. The van der Waals surface area contributed by atoms with Gasteiger partial charge < -0.3 is 19.5 Å². The number of nitrogens with zero attached hydrogens (tertiary/aromatic N) is 3. The molecular weight excluding hydrogens is 575 g/mol. The van der Waals surface area contributed by atoms with Crippen molar-refractivity contribution < 1.29 is 18.7 Å². The Morgan fingerprint density at radius 2 is 1.84 bits per heavy atom. The predicted octanol–water partition coefficient (Wildman–Crippen LogP) is 6.73. The summed E-state index contributed by atoms with van der Waals surface area (Å²) in [5.41, 5.74) is 5.40.